The number of piperidine rings is 1. The molecule has 0 aromatic rings. The molecule has 19 heavy (non-hydrogen) atoms. The maximum atomic E-state index is 12.4. The van der Waals surface area contributed by atoms with Crippen LogP contribution < -0.4 is 5.32 Å². The smallest absolute Gasteiger partial charge is 0.254 e. The molecular formula is C14H26N2O3. The highest BCUT2D eigenvalue weighted by Gasteiger charge is 2.62. The Hall–Kier alpha value is -0.650. The molecule has 2 rings (SSSR count). The molecule has 0 bridgehead atoms. The van der Waals surface area contributed by atoms with Gasteiger partial charge in [-0.1, -0.05) is 0 Å². The van der Waals surface area contributed by atoms with E-state index in [4.69, 9.17) is 9.57 Å². The van der Waals surface area contributed by atoms with Crippen molar-refractivity contribution >= 4 is 5.91 Å². The summed E-state index contributed by atoms with van der Waals surface area (Å²) in [5, 5.41) is 4.92. The zero-order valence-corrected chi connectivity index (χ0v) is 13.1. The Kier molecular flexibility index (Phi) is 3.05. The van der Waals surface area contributed by atoms with E-state index < -0.39 is 11.3 Å². The summed E-state index contributed by atoms with van der Waals surface area (Å²) in [7, 11) is 1.68. The Bertz CT molecular complexity index is 383. The number of carbonyl (C=O) groups is 1. The number of hydroxylamine groups is 2. The van der Waals surface area contributed by atoms with Crippen LogP contribution in [0.25, 0.3) is 0 Å². The van der Waals surface area contributed by atoms with Crippen molar-refractivity contribution in [3.05, 3.63) is 0 Å². The third kappa shape index (κ3) is 2.28. The van der Waals surface area contributed by atoms with E-state index >= 15 is 0 Å². The van der Waals surface area contributed by atoms with Crippen molar-refractivity contribution in [1.29, 1.82) is 0 Å². The molecule has 0 aromatic heterocycles. The standard InChI is InChI=1S/C14H26N2O3/c1-11(2)8-14(9-12(3,4)16(11)18-7)10(17)15-13(5,6)19-14/h8-9H2,1-7H3,(H,15,17). The maximum absolute atomic E-state index is 12.4. The molecule has 2 aliphatic rings. The van der Waals surface area contributed by atoms with Crippen LogP contribution in [0.2, 0.25) is 0 Å². The van der Waals surface area contributed by atoms with Gasteiger partial charge in [-0.3, -0.25) is 4.79 Å². The fourth-order valence-corrected chi connectivity index (χ4v) is 4.10. The first-order chi connectivity index (χ1) is 8.44. The number of hydrogen-bond donors (Lipinski definition) is 1. The lowest BCUT2D eigenvalue weighted by Crippen LogP contribution is -2.66. The molecule has 5 heteroatoms. The van der Waals surface area contributed by atoms with Gasteiger partial charge in [0.2, 0.25) is 0 Å². The molecule has 0 aliphatic carbocycles. The van der Waals surface area contributed by atoms with Crippen LogP contribution in [0, 0.1) is 0 Å². The summed E-state index contributed by atoms with van der Waals surface area (Å²) >= 11 is 0. The summed E-state index contributed by atoms with van der Waals surface area (Å²) in [5.41, 5.74) is -1.90. The van der Waals surface area contributed by atoms with Gasteiger partial charge in [-0.15, -0.1) is 0 Å². The lowest BCUT2D eigenvalue weighted by atomic mass is 9.72. The molecule has 1 N–H and O–H groups in total. The lowest BCUT2D eigenvalue weighted by molar-refractivity contribution is -0.294. The summed E-state index contributed by atoms with van der Waals surface area (Å²) in [6.45, 7) is 12.1. The zero-order chi connectivity index (χ0) is 14.7. The number of rotatable bonds is 1. The van der Waals surface area contributed by atoms with Crippen molar-refractivity contribution in [1.82, 2.24) is 10.4 Å². The largest absolute Gasteiger partial charge is 0.340 e. The van der Waals surface area contributed by atoms with E-state index in [0.29, 0.717) is 12.8 Å². The van der Waals surface area contributed by atoms with Gasteiger partial charge in [-0.05, 0) is 41.5 Å². The van der Waals surface area contributed by atoms with Gasteiger partial charge in [-0.25, -0.2) is 0 Å². The van der Waals surface area contributed by atoms with E-state index in [2.05, 4.69) is 33.0 Å². The van der Waals surface area contributed by atoms with E-state index in [-0.39, 0.29) is 17.0 Å². The topological polar surface area (TPSA) is 50.8 Å². The Morgan fingerprint density at radius 1 is 1.11 bits per heavy atom. The number of ether oxygens (including phenoxy) is 1. The van der Waals surface area contributed by atoms with Gasteiger partial charge in [0.1, 0.15) is 5.72 Å². The SMILES string of the molecule is CON1C(C)(C)CC2(CC1(C)C)OC(C)(C)NC2=O. The normalized spacial score (nSPS) is 31.4. The van der Waals surface area contributed by atoms with Crippen LogP contribution in [-0.2, 0) is 14.4 Å². The highest BCUT2D eigenvalue weighted by atomic mass is 16.7. The minimum Gasteiger partial charge on any atom is -0.340 e. The summed E-state index contributed by atoms with van der Waals surface area (Å²) in [6, 6.07) is 0. The number of carbonyl (C=O) groups excluding carboxylic acids is 1. The number of nitrogens with one attached hydrogen (secondary N) is 1. The second-order valence-corrected chi connectivity index (χ2v) is 7.52. The van der Waals surface area contributed by atoms with Crippen LogP contribution in [0.3, 0.4) is 0 Å². The Morgan fingerprint density at radius 3 is 1.89 bits per heavy atom. The van der Waals surface area contributed by atoms with Gasteiger partial charge in [0.25, 0.3) is 5.91 Å². The third-order valence-corrected chi connectivity index (χ3v) is 4.00. The van der Waals surface area contributed by atoms with Gasteiger partial charge < -0.3 is 14.9 Å². The quantitative estimate of drug-likeness (QED) is 0.789. The van der Waals surface area contributed by atoms with Crippen molar-refractivity contribution < 1.29 is 14.4 Å². The molecule has 110 valence electrons. The van der Waals surface area contributed by atoms with Gasteiger partial charge in [0.15, 0.2) is 5.60 Å². The van der Waals surface area contributed by atoms with Crippen molar-refractivity contribution in [2.45, 2.75) is 76.8 Å². The third-order valence-electron chi connectivity index (χ3n) is 4.00. The minimum atomic E-state index is -0.758. The predicted molar refractivity (Wildman–Crippen MR) is 72.3 cm³/mol. The van der Waals surface area contributed by atoms with Crippen LogP contribution in [0.15, 0.2) is 0 Å². The van der Waals surface area contributed by atoms with E-state index in [1.165, 1.54) is 0 Å². The van der Waals surface area contributed by atoms with E-state index in [0.717, 1.165) is 0 Å². The number of hydrogen-bond acceptors (Lipinski definition) is 4. The lowest BCUT2D eigenvalue weighted by Gasteiger charge is -2.55. The number of nitrogens with zero attached hydrogens (tertiary/aromatic N) is 1. The first-order valence-electron chi connectivity index (χ1n) is 6.81. The van der Waals surface area contributed by atoms with Crippen LogP contribution >= 0.6 is 0 Å². The minimum absolute atomic E-state index is 0.00518. The van der Waals surface area contributed by atoms with Crippen LogP contribution in [0.1, 0.15) is 54.4 Å². The van der Waals surface area contributed by atoms with Crippen LogP contribution in [0.4, 0.5) is 0 Å². The molecule has 0 aromatic carbocycles. The Labute approximate surface area is 115 Å². The average Bonchev–Trinajstić information content (AvgIpc) is 2.30. The second kappa shape index (κ2) is 3.93. The van der Waals surface area contributed by atoms with E-state index in [1.807, 2.05) is 18.9 Å². The van der Waals surface area contributed by atoms with Crippen LogP contribution in [-0.4, -0.2) is 40.5 Å². The Morgan fingerprint density at radius 2 is 1.58 bits per heavy atom. The van der Waals surface area contributed by atoms with Crippen molar-refractivity contribution in [2.24, 2.45) is 0 Å². The monoisotopic (exact) mass is 270 g/mol. The molecular weight excluding hydrogens is 244 g/mol. The van der Waals surface area contributed by atoms with E-state index in [9.17, 15) is 4.79 Å². The van der Waals surface area contributed by atoms with Crippen molar-refractivity contribution in [3.63, 3.8) is 0 Å². The molecule has 0 unspecified atom stereocenters. The van der Waals surface area contributed by atoms with Crippen molar-refractivity contribution in [2.75, 3.05) is 7.11 Å². The molecule has 1 spiro atoms. The van der Waals surface area contributed by atoms with Gasteiger partial charge in [0.05, 0.1) is 7.11 Å². The molecule has 2 heterocycles. The highest BCUT2D eigenvalue weighted by molar-refractivity contribution is 5.88. The molecule has 0 radical (unpaired) electrons. The van der Waals surface area contributed by atoms with Gasteiger partial charge in [-0.2, -0.15) is 5.06 Å². The zero-order valence-electron chi connectivity index (χ0n) is 13.1. The van der Waals surface area contributed by atoms with Crippen molar-refractivity contribution in [3.8, 4) is 0 Å². The fourth-order valence-electron chi connectivity index (χ4n) is 4.10. The molecule has 2 aliphatic heterocycles. The van der Waals surface area contributed by atoms with E-state index in [1.54, 1.807) is 7.11 Å². The second-order valence-electron chi connectivity index (χ2n) is 7.52. The average molecular weight is 270 g/mol. The number of amides is 1. The summed E-state index contributed by atoms with van der Waals surface area (Å²) in [4.78, 5) is 18.0. The summed E-state index contributed by atoms with van der Waals surface area (Å²) in [6.07, 6.45) is 1.24. The first-order valence-corrected chi connectivity index (χ1v) is 6.81. The Balaban J connectivity index is 2.39. The molecule has 1 amide bonds. The molecule has 0 atom stereocenters. The highest BCUT2D eigenvalue weighted by Crippen LogP contribution is 2.48. The summed E-state index contributed by atoms with van der Waals surface area (Å²) in [5.74, 6) is -0.00518. The molecule has 5 nitrogen and oxygen atoms in total. The first kappa shape index (κ1) is 14.8. The molecule has 0 saturated carbocycles. The molecule has 2 saturated heterocycles. The van der Waals surface area contributed by atoms with Gasteiger partial charge >= 0.3 is 0 Å². The van der Waals surface area contributed by atoms with Gasteiger partial charge in [0, 0.05) is 23.9 Å². The maximum Gasteiger partial charge on any atom is 0.254 e. The fraction of sp³-hybridized carbons (Fsp3) is 0.929. The summed E-state index contributed by atoms with van der Waals surface area (Å²) < 4.78 is 6.11. The predicted octanol–water partition coefficient (Wildman–Crippen LogP) is 1.82. The molecule has 2 fully saturated rings. The van der Waals surface area contributed by atoms with Crippen LogP contribution in [0.5, 0.6) is 0 Å².